The van der Waals surface area contributed by atoms with Crippen LogP contribution in [0, 0.1) is 0 Å². The van der Waals surface area contributed by atoms with Crippen molar-refractivity contribution in [3.8, 4) is 0 Å². The van der Waals surface area contributed by atoms with Gasteiger partial charge in [-0.3, -0.25) is 14.5 Å². The maximum atomic E-state index is 12.8. The van der Waals surface area contributed by atoms with Crippen LogP contribution in [0.5, 0.6) is 0 Å². The van der Waals surface area contributed by atoms with E-state index in [1.807, 2.05) is 0 Å². The van der Waals surface area contributed by atoms with Crippen molar-refractivity contribution in [2.75, 3.05) is 13.2 Å². The number of ether oxygens (including phenoxy) is 1. The molecule has 1 aromatic carbocycles. The molecule has 0 saturated carbocycles. The fourth-order valence-electron chi connectivity index (χ4n) is 3.37. The van der Waals surface area contributed by atoms with Crippen molar-refractivity contribution in [3.63, 3.8) is 0 Å². The molecular formula is C20H21ClN4O6. The molecule has 0 bridgehead atoms. The van der Waals surface area contributed by atoms with Crippen LogP contribution >= 0.6 is 11.6 Å². The molecule has 2 N–H and O–H groups in total. The quantitative estimate of drug-likeness (QED) is 0.387. The summed E-state index contributed by atoms with van der Waals surface area (Å²) in [7, 11) is 0. The molecule has 0 aliphatic carbocycles. The van der Waals surface area contributed by atoms with Crippen molar-refractivity contribution < 1.29 is 28.7 Å². The number of benzene rings is 1. The van der Waals surface area contributed by atoms with Gasteiger partial charge in [0.1, 0.15) is 0 Å². The molecule has 11 heteroatoms. The fraction of sp³-hybridized carbons (Fsp3) is 0.350. The number of rotatable bonds is 6. The number of hydrogen-bond donors (Lipinski definition) is 2. The molecule has 1 fully saturated rings. The minimum atomic E-state index is -1.04. The monoisotopic (exact) mass is 448 g/mol. The number of esters is 1. The minimum absolute atomic E-state index is 0.0118. The molecule has 0 radical (unpaired) electrons. The van der Waals surface area contributed by atoms with Crippen molar-refractivity contribution in [1.82, 2.24) is 20.4 Å². The molecule has 2 aliphatic rings. The summed E-state index contributed by atoms with van der Waals surface area (Å²) in [6.45, 7) is 4.41. The van der Waals surface area contributed by atoms with Crippen LogP contribution in [0.15, 0.2) is 35.5 Å². The van der Waals surface area contributed by atoms with Crippen molar-refractivity contribution >= 4 is 41.4 Å². The predicted molar refractivity (Wildman–Crippen MR) is 109 cm³/mol. The third kappa shape index (κ3) is 4.24. The van der Waals surface area contributed by atoms with Crippen molar-refractivity contribution in [3.05, 3.63) is 46.1 Å². The van der Waals surface area contributed by atoms with Gasteiger partial charge in [-0.05, 0) is 38.5 Å². The molecule has 6 amide bonds. The Kier molecular flexibility index (Phi) is 6.30. The first-order chi connectivity index (χ1) is 14.6. The first kappa shape index (κ1) is 22.3. The summed E-state index contributed by atoms with van der Waals surface area (Å²) in [4.78, 5) is 63.9. The van der Waals surface area contributed by atoms with Crippen molar-refractivity contribution in [2.24, 2.45) is 0 Å². The Hall–Kier alpha value is -3.40. The molecule has 0 aromatic heterocycles. The van der Waals surface area contributed by atoms with Crippen LogP contribution in [-0.4, -0.2) is 58.8 Å². The van der Waals surface area contributed by atoms with E-state index in [9.17, 15) is 24.0 Å². The molecule has 3 rings (SSSR count). The lowest BCUT2D eigenvalue weighted by Gasteiger charge is -2.30. The summed E-state index contributed by atoms with van der Waals surface area (Å²) in [5, 5.41) is 5.57. The number of nitrogens with zero attached hydrogens (tertiary/aromatic N) is 2. The smallest absolute Gasteiger partial charge is 0.338 e. The summed E-state index contributed by atoms with van der Waals surface area (Å²) in [5.74, 6) is -2.74. The van der Waals surface area contributed by atoms with E-state index in [1.54, 1.807) is 45.0 Å². The first-order valence-electron chi connectivity index (χ1n) is 9.57. The van der Waals surface area contributed by atoms with E-state index in [2.05, 4.69) is 10.6 Å². The van der Waals surface area contributed by atoms with Crippen LogP contribution in [0.25, 0.3) is 0 Å². The second-order valence-corrected chi connectivity index (χ2v) is 7.57. The van der Waals surface area contributed by atoms with Crippen molar-refractivity contribution in [1.29, 1.82) is 0 Å². The zero-order valence-corrected chi connectivity index (χ0v) is 17.9. The number of imide groups is 2. The Bertz CT molecular complexity index is 988. The Labute approximate surface area is 183 Å². The van der Waals surface area contributed by atoms with E-state index in [0.717, 1.165) is 4.90 Å². The standard InChI is InChI=1S/C20H21ClN4O6/c1-4-31-18(28)14-13(9-24-16(26)17(27)25(10(2)3)20(24)30)22-19(29)23-15(14)11-5-7-12(21)8-6-11/h5-8,10,15H,4,9H2,1-3H3,(H2,22,23,29). The summed E-state index contributed by atoms with van der Waals surface area (Å²) >= 11 is 5.93. The highest BCUT2D eigenvalue weighted by atomic mass is 35.5. The fourth-order valence-corrected chi connectivity index (χ4v) is 3.50. The number of nitrogens with one attached hydrogen (secondary N) is 2. The molecule has 10 nitrogen and oxygen atoms in total. The van der Waals surface area contributed by atoms with E-state index >= 15 is 0 Å². The third-order valence-corrected chi connectivity index (χ3v) is 5.02. The molecule has 164 valence electrons. The maximum absolute atomic E-state index is 12.8. The van der Waals surface area contributed by atoms with Crippen molar-refractivity contribution in [2.45, 2.75) is 32.9 Å². The second kappa shape index (κ2) is 8.76. The van der Waals surface area contributed by atoms with E-state index in [0.29, 0.717) is 15.5 Å². The predicted octanol–water partition coefficient (Wildman–Crippen LogP) is 1.71. The third-order valence-electron chi connectivity index (χ3n) is 4.77. The van der Waals surface area contributed by atoms with Gasteiger partial charge in [0, 0.05) is 11.1 Å². The van der Waals surface area contributed by atoms with Crippen LogP contribution < -0.4 is 10.6 Å². The molecular weight excluding hydrogens is 428 g/mol. The zero-order chi connectivity index (χ0) is 22.9. The number of urea groups is 2. The molecule has 31 heavy (non-hydrogen) atoms. The maximum Gasteiger partial charge on any atom is 0.338 e. The van der Waals surface area contributed by atoms with Gasteiger partial charge in [0.05, 0.1) is 30.5 Å². The molecule has 1 atom stereocenters. The normalized spacial score (nSPS) is 19.2. The summed E-state index contributed by atoms with van der Waals surface area (Å²) in [6, 6.07) is 3.55. The van der Waals surface area contributed by atoms with E-state index < -0.39 is 48.5 Å². The van der Waals surface area contributed by atoms with Gasteiger partial charge in [-0.2, -0.15) is 0 Å². The lowest BCUT2D eigenvalue weighted by Crippen LogP contribution is -2.49. The van der Waals surface area contributed by atoms with Crippen LogP contribution in [0.2, 0.25) is 5.02 Å². The number of carbonyl (C=O) groups excluding carboxylic acids is 5. The lowest BCUT2D eigenvalue weighted by molar-refractivity contribution is -0.143. The molecule has 1 saturated heterocycles. The molecule has 2 heterocycles. The van der Waals surface area contributed by atoms with Gasteiger partial charge in [-0.1, -0.05) is 23.7 Å². The van der Waals surface area contributed by atoms with Crippen LogP contribution in [-0.2, 0) is 19.1 Å². The second-order valence-electron chi connectivity index (χ2n) is 7.14. The number of carbonyl (C=O) groups is 5. The van der Waals surface area contributed by atoms with Gasteiger partial charge in [-0.15, -0.1) is 0 Å². The number of halogens is 1. The molecule has 0 spiro atoms. The van der Waals surface area contributed by atoms with Gasteiger partial charge >= 0.3 is 29.8 Å². The molecule has 2 aliphatic heterocycles. The average molecular weight is 449 g/mol. The van der Waals surface area contributed by atoms with Crippen LogP contribution in [0.1, 0.15) is 32.4 Å². The highest BCUT2D eigenvalue weighted by Gasteiger charge is 2.47. The largest absolute Gasteiger partial charge is 0.463 e. The van der Waals surface area contributed by atoms with Gasteiger partial charge in [0.25, 0.3) is 0 Å². The Morgan fingerprint density at radius 1 is 1.13 bits per heavy atom. The lowest BCUT2D eigenvalue weighted by atomic mass is 9.95. The number of amides is 6. The topological polar surface area (TPSA) is 125 Å². The van der Waals surface area contributed by atoms with Gasteiger partial charge in [0.2, 0.25) is 0 Å². The zero-order valence-electron chi connectivity index (χ0n) is 17.1. The number of hydrogen-bond acceptors (Lipinski definition) is 6. The van der Waals surface area contributed by atoms with E-state index in [4.69, 9.17) is 16.3 Å². The SMILES string of the molecule is CCOC(=O)C1=C(CN2C(=O)C(=O)N(C(C)C)C2=O)NC(=O)NC1c1ccc(Cl)cc1. The average Bonchev–Trinajstić information content (AvgIpc) is 2.91. The van der Waals surface area contributed by atoms with Crippen LogP contribution in [0.3, 0.4) is 0 Å². The molecule has 1 aromatic rings. The van der Waals surface area contributed by atoms with Crippen LogP contribution in [0.4, 0.5) is 9.59 Å². The summed E-state index contributed by atoms with van der Waals surface area (Å²) in [5.41, 5.74) is 0.542. The highest BCUT2D eigenvalue weighted by Crippen LogP contribution is 2.30. The van der Waals surface area contributed by atoms with Gasteiger partial charge in [-0.25, -0.2) is 19.3 Å². The minimum Gasteiger partial charge on any atom is -0.463 e. The Morgan fingerprint density at radius 2 is 1.77 bits per heavy atom. The highest BCUT2D eigenvalue weighted by molar-refractivity contribution is 6.44. The van der Waals surface area contributed by atoms with Gasteiger partial charge in [0.15, 0.2) is 0 Å². The summed E-state index contributed by atoms with van der Waals surface area (Å²) < 4.78 is 5.14. The Morgan fingerprint density at radius 3 is 2.32 bits per heavy atom. The Balaban J connectivity index is 2.05. The first-order valence-corrected chi connectivity index (χ1v) is 9.95. The van der Waals surface area contributed by atoms with E-state index in [1.165, 1.54) is 0 Å². The summed E-state index contributed by atoms with van der Waals surface area (Å²) in [6.07, 6.45) is 0. The van der Waals surface area contributed by atoms with Gasteiger partial charge < -0.3 is 15.4 Å². The van der Waals surface area contributed by atoms with E-state index in [-0.39, 0.29) is 17.9 Å². The molecule has 1 unspecified atom stereocenters.